The maximum Gasteiger partial charge on any atom is 0.335 e. The van der Waals surface area contributed by atoms with Crippen molar-refractivity contribution in [1.82, 2.24) is 5.23 Å². The van der Waals surface area contributed by atoms with Gasteiger partial charge in [0.05, 0.1) is 13.2 Å². The first-order valence-electron chi connectivity index (χ1n) is 6.09. The summed E-state index contributed by atoms with van der Waals surface area (Å²) in [6, 6.07) is 0. The molecule has 2 aliphatic rings. The molecule has 0 radical (unpaired) electrons. The topological polar surface area (TPSA) is 94.5 Å². The highest BCUT2D eigenvalue weighted by atomic mass is 17.0. The minimum absolute atomic E-state index is 0.0105. The van der Waals surface area contributed by atoms with Crippen molar-refractivity contribution in [3.05, 3.63) is 0 Å². The zero-order valence-corrected chi connectivity index (χ0v) is 10.8. The molecule has 19 heavy (non-hydrogen) atoms. The highest BCUT2D eigenvalue weighted by molar-refractivity contribution is 5.83. The normalized spacial score (nSPS) is 34.1. The smallest absolute Gasteiger partial charge is 0.335 e. The Kier molecular flexibility index (Phi) is 4.04. The molecule has 0 saturated carbocycles. The molecular formula is C11H17NO7. The van der Waals surface area contributed by atoms with Crippen LogP contribution in [0.25, 0.3) is 0 Å². The number of esters is 2. The van der Waals surface area contributed by atoms with E-state index >= 15 is 0 Å². The third-order valence-electron chi connectivity index (χ3n) is 3.13. The Bertz CT molecular complexity index is 374. The van der Waals surface area contributed by atoms with Crippen LogP contribution in [-0.2, 0) is 28.7 Å². The van der Waals surface area contributed by atoms with Crippen molar-refractivity contribution in [2.24, 2.45) is 0 Å². The Labute approximate surface area is 110 Å². The summed E-state index contributed by atoms with van der Waals surface area (Å²) in [7, 11) is 0. The Morgan fingerprint density at radius 3 is 2.84 bits per heavy atom. The second kappa shape index (κ2) is 5.41. The number of fused-ring (bicyclic) bond motifs is 1. The van der Waals surface area contributed by atoms with E-state index in [0.717, 1.165) is 5.23 Å². The lowest BCUT2D eigenvalue weighted by atomic mass is 9.89. The van der Waals surface area contributed by atoms with Crippen LogP contribution in [-0.4, -0.2) is 59.8 Å². The van der Waals surface area contributed by atoms with Gasteiger partial charge in [0.15, 0.2) is 6.10 Å². The van der Waals surface area contributed by atoms with Crippen molar-refractivity contribution >= 4 is 11.9 Å². The van der Waals surface area contributed by atoms with E-state index in [1.54, 1.807) is 6.92 Å². The first kappa shape index (κ1) is 14.2. The predicted molar refractivity (Wildman–Crippen MR) is 59.3 cm³/mol. The molecule has 8 heteroatoms. The zero-order valence-electron chi connectivity index (χ0n) is 10.8. The van der Waals surface area contributed by atoms with Crippen LogP contribution in [0.4, 0.5) is 0 Å². The molecule has 2 rings (SSSR count). The summed E-state index contributed by atoms with van der Waals surface area (Å²) in [5, 5.41) is 10.1. The van der Waals surface area contributed by atoms with Crippen molar-refractivity contribution in [3.63, 3.8) is 0 Å². The van der Waals surface area contributed by atoms with E-state index in [1.807, 2.05) is 0 Å². The molecule has 2 saturated heterocycles. The first-order valence-corrected chi connectivity index (χ1v) is 6.09. The van der Waals surface area contributed by atoms with Gasteiger partial charge in [-0.1, -0.05) is 0 Å². The lowest BCUT2D eigenvalue weighted by molar-refractivity contribution is -0.357. The second-order valence-corrected chi connectivity index (χ2v) is 4.41. The molecule has 0 amide bonds. The van der Waals surface area contributed by atoms with Crippen LogP contribution in [0.5, 0.6) is 0 Å². The van der Waals surface area contributed by atoms with Crippen LogP contribution in [0.15, 0.2) is 0 Å². The third-order valence-corrected chi connectivity index (χ3v) is 3.13. The van der Waals surface area contributed by atoms with E-state index in [2.05, 4.69) is 0 Å². The lowest BCUT2D eigenvalue weighted by Gasteiger charge is -2.28. The molecule has 0 aromatic rings. The standard InChI is InChI=1S/C11H17NO7/c1-3-16-10(15)11-4-8(5-13)19-12(11)17-6-9(11)18-7(2)14/h8-9,13H,3-6H2,1-2H3/t8-,9+,11-/m1/s1. The molecule has 0 bridgehead atoms. The fraction of sp³-hybridized carbons (Fsp3) is 0.818. The van der Waals surface area contributed by atoms with Crippen LogP contribution >= 0.6 is 0 Å². The average molecular weight is 275 g/mol. The number of hydroxylamine groups is 2. The molecule has 8 nitrogen and oxygen atoms in total. The molecule has 1 N–H and O–H groups in total. The van der Waals surface area contributed by atoms with Gasteiger partial charge in [0, 0.05) is 13.3 Å². The SMILES string of the molecule is CCOC(=O)[C@]12C[C@H](CO)ON1OC[C@@H]2OC(C)=O. The van der Waals surface area contributed by atoms with Gasteiger partial charge in [0.2, 0.25) is 5.54 Å². The zero-order chi connectivity index (χ0) is 14.0. The Morgan fingerprint density at radius 1 is 1.53 bits per heavy atom. The largest absolute Gasteiger partial charge is 0.464 e. The highest BCUT2D eigenvalue weighted by Gasteiger charge is 2.65. The Morgan fingerprint density at radius 2 is 2.26 bits per heavy atom. The summed E-state index contributed by atoms with van der Waals surface area (Å²) in [4.78, 5) is 33.8. The van der Waals surface area contributed by atoms with Gasteiger partial charge >= 0.3 is 11.9 Å². The highest BCUT2D eigenvalue weighted by Crippen LogP contribution is 2.42. The van der Waals surface area contributed by atoms with Gasteiger partial charge in [0.25, 0.3) is 0 Å². The van der Waals surface area contributed by atoms with Gasteiger partial charge in [-0.25, -0.2) is 4.79 Å². The van der Waals surface area contributed by atoms with E-state index in [-0.39, 0.29) is 26.2 Å². The summed E-state index contributed by atoms with van der Waals surface area (Å²) in [5.41, 5.74) is -1.34. The summed E-state index contributed by atoms with van der Waals surface area (Å²) < 4.78 is 10.1. The number of nitrogens with zero attached hydrogens (tertiary/aromatic N) is 1. The Hall–Kier alpha value is -1.22. The first-order chi connectivity index (χ1) is 9.04. The van der Waals surface area contributed by atoms with Gasteiger partial charge in [0.1, 0.15) is 12.7 Å². The van der Waals surface area contributed by atoms with Gasteiger partial charge in [-0.05, 0) is 12.2 Å². The van der Waals surface area contributed by atoms with Crippen LogP contribution in [0.3, 0.4) is 0 Å². The quantitative estimate of drug-likeness (QED) is 0.664. The second-order valence-electron chi connectivity index (χ2n) is 4.41. The fourth-order valence-corrected chi connectivity index (χ4v) is 2.33. The van der Waals surface area contributed by atoms with Gasteiger partial charge < -0.3 is 14.6 Å². The molecule has 108 valence electrons. The molecule has 0 unspecified atom stereocenters. The molecule has 0 spiro atoms. The van der Waals surface area contributed by atoms with Gasteiger partial charge in [-0.15, -0.1) is 0 Å². The van der Waals surface area contributed by atoms with Gasteiger partial charge in [-0.3, -0.25) is 14.5 Å². The fourth-order valence-electron chi connectivity index (χ4n) is 2.33. The van der Waals surface area contributed by atoms with Crippen molar-refractivity contribution < 1.29 is 33.8 Å². The summed E-state index contributed by atoms with van der Waals surface area (Å²) in [6.45, 7) is 2.85. The predicted octanol–water partition coefficient (Wildman–Crippen LogP) is -0.837. The molecule has 0 aromatic carbocycles. The summed E-state index contributed by atoms with van der Waals surface area (Å²) in [6.07, 6.45) is -1.27. The van der Waals surface area contributed by atoms with Crippen LogP contribution in [0.1, 0.15) is 20.3 Å². The molecule has 0 aromatic heterocycles. The van der Waals surface area contributed by atoms with Crippen molar-refractivity contribution in [3.8, 4) is 0 Å². The van der Waals surface area contributed by atoms with Crippen molar-refractivity contribution in [2.45, 2.75) is 38.0 Å². The van der Waals surface area contributed by atoms with Crippen LogP contribution in [0, 0.1) is 0 Å². The van der Waals surface area contributed by atoms with Gasteiger partial charge in [-0.2, -0.15) is 0 Å². The summed E-state index contributed by atoms with van der Waals surface area (Å²) >= 11 is 0. The minimum Gasteiger partial charge on any atom is -0.464 e. The maximum atomic E-state index is 12.2. The van der Waals surface area contributed by atoms with Crippen LogP contribution < -0.4 is 0 Å². The molecule has 2 fully saturated rings. The molecule has 2 heterocycles. The molecule has 2 aliphatic heterocycles. The molecular weight excluding hydrogens is 258 g/mol. The number of aliphatic hydroxyl groups is 1. The number of rotatable bonds is 4. The lowest BCUT2D eigenvalue weighted by Crippen LogP contribution is -2.55. The van der Waals surface area contributed by atoms with E-state index < -0.39 is 29.7 Å². The number of hydrogen-bond acceptors (Lipinski definition) is 8. The molecule has 0 aliphatic carbocycles. The third kappa shape index (κ3) is 2.32. The van der Waals surface area contributed by atoms with Crippen LogP contribution in [0.2, 0.25) is 0 Å². The minimum atomic E-state index is -1.34. The van der Waals surface area contributed by atoms with E-state index in [1.165, 1.54) is 6.92 Å². The number of ether oxygens (including phenoxy) is 2. The van der Waals surface area contributed by atoms with E-state index in [9.17, 15) is 9.59 Å². The summed E-state index contributed by atoms with van der Waals surface area (Å²) in [5.74, 6) is -1.11. The number of carbonyl (C=O) groups excluding carboxylic acids is 2. The van der Waals surface area contributed by atoms with Crippen molar-refractivity contribution in [2.75, 3.05) is 19.8 Å². The Balaban J connectivity index is 2.26. The van der Waals surface area contributed by atoms with Crippen molar-refractivity contribution in [1.29, 1.82) is 0 Å². The monoisotopic (exact) mass is 275 g/mol. The van der Waals surface area contributed by atoms with E-state index in [4.69, 9.17) is 24.3 Å². The maximum absolute atomic E-state index is 12.2. The number of aliphatic hydroxyl groups excluding tert-OH is 1. The number of carbonyl (C=O) groups is 2. The average Bonchev–Trinajstić information content (AvgIpc) is 2.87. The molecule has 3 atom stereocenters. The number of hydrogen-bond donors (Lipinski definition) is 1. The van der Waals surface area contributed by atoms with E-state index in [0.29, 0.717) is 0 Å².